The quantitative estimate of drug-likeness (QED) is 0.878. The third-order valence-electron chi connectivity index (χ3n) is 4.79. The molecule has 136 valence electrons. The minimum Gasteiger partial charge on any atom is -0.354 e. The Kier molecular flexibility index (Phi) is 5.45. The summed E-state index contributed by atoms with van der Waals surface area (Å²) in [4.78, 5) is 41.1. The molecule has 0 fully saturated rings. The van der Waals surface area contributed by atoms with Gasteiger partial charge in [0.25, 0.3) is 5.56 Å². The zero-order chi connectivity index (χ0) is 18.9. The van der Waals surface area contributed by atoms with Gasteiger partial charge >= 0.3 is 5.69 Å². The number of hydrogen-bond donors (Lipinski definition) is 1. The number of aryl methyl sites for hydroxylation is 3. The number of nitrogens with zero attached hydrogens (tertiary/aromatic N) is 3. The number of carbonyl (C=O) groups excluding carboxylic acids is 1. The average molecular weight is 346 g/mol. The predicted molar refractivity (Wildman–Crippen MR) is 97.9 cm³/mol. The van der Waals surface area contributed by atoms with Crippen molar-refractivity contribution in [3.05, 3.63) is 37.7 Å². The van der Waals surface area contributed by atoms with Gasteiger partial charge in [-0.15, -0.1) is 0 Å². The fourth-order valence-electron chi connectivity index (χ4n) is 3.00. The van der Waals surface area contributed by atoms with Gasteiger partial charge in [0, 0.05) is 32.3 Å². The molecule has 0 aliphatic carbocycles. The molecule has 0 unspecified atom stereocenters. The molecule has 1 N–H and O–H groups in total. The number of amides is 1. The number of rotatable bonds is 5. The summed E-state index contributed by atoms with van der Waals surface area (Å²) in [7, 11) is 3.07. The van der Waals surface area contributed by atoms with Gasteiger partial charge in [-0.1, -0.05) is 6.92 Å². The molecule has 0 radical (unpaired) electrons. The van der Waals surface area contributed by atoms with E-state index in [9.17, 15) is 14.4 Å². The average Bonchev–Trinajstić information content (AvgIpc) is 2.57. The minimum absolute atomic E-state index is 0.0124. The van der Waals surface area contributed by atoms with Gasteiger partial charge in [-0.2, -0.15) is 0 Å². The standard InChI is InChI=1S/C18H26N4O3/c1-7-10(2)19-14(23)9-8-13-11(3)15-16(20-12(13)4)21(5)18(25)22(6)17(15)24/h10H,7-9H2,1-6H3,(H,19,23)/t10-/m1/s1. The van der Waals surface area contributed by atoms with E-state index in [1.165, 1.54) is 11.6 Å². The smallest absolute Gasteiger partial charge is 0.332 e. The van der Waals surface area contributed by atoms with E-state index in [0.717, 1.165) is 27.8 Å². The van der Waals surface area contributed by atoms with Crippen LogP contribution in [0.5, 0.6) is 0 Å². The van der Waals surface area contributed by atoms with E-state index in [4.69, 9.17) is 0 Å². The summed E-state index contributed by atoms with van der Waals surface area (Å²) in [6.07, 6.45) is 1.73. The molecule has 7 heteroatoms. The summed E-state index contributed by atoms with van der Waals surface area (Å²) in [5.74, 6) is -0.0124. The van der Waals surface area contributed by atoms with Gasteiger partial charge in [0.15, 0.2) is 0 Å². The van der Waals surface area contributed by atoms with Crippen LogP contribution < -0.4 is 16.6 Å². The zero-order valence-electron chi connectivity index (χ0n) is 15.8. The predicted octanol–water partition coefficient (Wildman–Crippen LogP) is 1.10. The Balaban J connectivity index is 2.48. The first-order valence-corrected chi connectivity index (χ1v) is 8.54. The van der Waals surface area contributed by atoms with Crippen molar-refractivity contribution in [2.45, 2.75) is 53.0 Å². The number of hydrogen-bond acceptors (Lipinski definition) is 4. The van der Waals surface area contributed by atoms with Crippen molar-refractivity contribution >= 4 is 16.9 Å². The Morgan fingerprint density at radius 1 is 1.20 bits per heavy atom. The summed E-state index contributed by atoms with van der Waals surface area (Å²) >= 11 is 0. The molecule has 2 aromatic rings. The van der Waals surface area contributed by atoms with Crippen LogP contribution >= 0.6 is 0 Å². The second kappa shape index (κ2) is 7.21. The summed E-state index contributed by atoms with van der Waals surface area (Å²) in [5.41, 5.74) is 2.05. The van der Waals surface area contributed by atoms with Crippen molar-refractivity contribution in [2.75, 3.05) is 0 Å². The summed E-state index contributed by atoms with van der Waals surface area (Å²) in [6, 6.07) is 0.145. The van der Waals surface area contributed by atoms with E-state index in [2.05, 4.69) is 10.3 Å². The third-order valence-corrected chi connectivity index (χ3v) is 4.79. The molecule has 0 bridgehead atoms. The van der Waals surface area contributed by atoms with Crippen molar-refractivity contribution in [2.24, 2.45) is 14.1 Å². The molecule has 2 rings (SSSR count). The topological polar surface area (TPSA) is 86.0 Å². The molecule has 25 heavy (non-hydrogen) atoms. The first kappa shape index (κ1) is 18.9. The Labute approximate surface area is 146 Å². The molecule has 0 aliphatic heterocycles. The highest BCUT2D eigenvalue weighted by Crippen LogP contribution is 2.20. The monoisotopic (exact) mass is 346 g/mol. The van der Waals surface area contributed by atoms with Gasteiger partial charge < -0.3 is 5.32 Å². The van der Waals surface area contributed by atoms with E-state index in [1.807, 2.05) is 27.7 Å². The fourth-order valence-corrected chi connectivity index (χ4v) is 3.00. The van der Waals surface area contributed by atoms with Crippen molar-refractivity contribution in [1.29, 1.82) is 0 Å². The van der Waals surface area contributed by atoms with Gasteiger partial charge in [-0.3, -0.25) is 18.7 Å². The lowest BCUT2D eigenvalue weighted by Crippen LogP contribution is -2.38. The van der Waals surface area contributed by atoms with Crippen LogP contribution in [0.2, 0.25) is 0 Å². The molecule has 0 saturated heterocycles. The molecular formula is C18H26N4O3. The lowest BCUT2D eigenvalue weighted by Gasteiger charge is -2.15. The first-order valence-electron chi connectivity index (χ1n) is 8.54. The fraction of sp³-hybridized carbons (Fsp3) is 0.556. The first-order chi connectivity index (χ1) is 11.7. The van der Waals surface area contributed by atoms with Gasteiger partial charge in [0.2, 0.25) is 5.91 Å². The van der Waals surface area contributed by atoms with Crippen LogP contribution in [0, 0.1) is 13.8 Å². The van der Waals surface area contributed by atoms with Crippen LogP contribution in [0.1, 0.15) is 43.5 Å². The van der Waals surface area contributed by atoms with Gasteiger partial charge in [-0.05, 0) is 44.7 Å². The highest BCUT2D eigenvalue weighted by Gasteiger charge is 2.17. The maximum absolute atomic E-state index is 12.5. The summed E-state index contributed by atoms with van der Waals surface area (Å²) in [5, 5.41) is 3.38. The Morgan fingerprint density at radius 2 is 1.84 bits per heavy atom. The maximum Gasteiger partial charge on any atom is 0.332 e. The lowest BCUT2D eigenvalue weighted by atomic mass is 9.99. The molecule has 0 spiro atoms. The normalized spacial score (nSPS) is 12.4. The number of carbonyl (C=O) groups is 1. The van der Waals surface area contributed by atoms with Crippen LogP contribution in [0.25, 0.3) is 11.0 Å². The second-order valence-electron chi connectivity index (χ2n) is 6.58. The number of pyridine rings is 1. The number of nitrogens with one attached hydrogen (secondary N) is 1. The van der Waals surface area contributed by atoms with Gasteiger partial charge in [-0.25, -0.2) is 9.78 Å². The molecule has 0 aliphatic rings. The molecule has 0 saturated carbocycles. The number of fused-ring (bicyclic) bond motifs is 1. The minimum atomic E-state index is -0.399. The van der Waals surface area contributed by atoms with E-state index >= 15 is 0 Å². The van der Waals surface area contributed by atoms with Crippen LogP contribution in [0.4, 0.5) is 0 Å². The molecule has 2 heterocycles. The van der Waals surface area contributed by atoms with E-state index < -0.39 is 5.69 Å². The second-order valence-corrected chi connectivity index (χ2v) is 6.58. The van der Waals surface area contributed by atoms with Gasteiger partial charge in [0.1, 0.15) is 5.65 Å². The Bertz CT molecular complexity index is 940. The lowest BCUT2D eigenvalue weighted by molar-refractivity contribution is -0.121. The molecule has 0 aromatic carbocycles. The highest BCUT2D eigenvalue weighted by molar-refractivity contribution is 5.80. The van der Waals surface area contributed by atoms with E-state index in [0.29, 0.717) is 23.9 Å². The molecule has 2 aromatic heterocycles. The van der Waals surface area contributed by atoms with Crippen molar-refractivity contribution in [3.63, 3.8) is 0 Å². The third kappa shape index (κ3) is 3.50. The molecular weight excluding hydrogens is 320 g/mol. The molecule has 7 nitrogen and oxygen atoms in total. The van der Waals surface area contributed by atoms with Crippen molar-refractivity contribution in [1.82, 2.24) is 19.4 Å². The van der Waals surface area contributed by atoms with Crippen molar-refractivity contribution < 1.29 is 4.79 Å². The molecule has 1 atom stereocenters. The summed E-state index contributed by atoms with van der Waals surface area (Å²) < 4.78 is 2.47. The van der Waals surface area contributed by atoms with Crippen LogP contribution in [0.3, 0.4) is 0 Å². The Hall–Kier alpha value is -2.44. The van der Waals surface area contributed by atoms with Crippen LogP contribution in [0.15, 0.2) is 9.59 Å². The maximum atomic E-state index is 12.5. The van der Waals surface area contributed by atoms with Crippen LogP contribution in [-0.2, 0) is 25.3 Å². The van der Waals surface area contributed by atoms with Crippen molar-refractivity contribution in [3.8, 4) is 0 Å². The molecule has 1 amide bonds. The SMILES string of the molecule is CC[C@@H](C)NC(=O)CCc1c(C)nc2c(c1C)c(=O)n(C)c(=O)n2C. The number of aromatic nitrogens is 3. The van der Waals surface area contributed by atoms with E-state index in [-0.39, 0.29) is 17.5 Å². The van der Waals surface area contributed by atoms with E-state index in [1.54, 1.807) is 7.05 Å². The largest absolute Gasteiger partial charge is 0.354 e. The zero-order valence-corrected chi connectivity index (χ0v) is 15.8. The Morgan fingerprint density at radius 3 is 2.44 bits per heavy atom. The van der Waals surface area contributed by atoms with Crippen LogP contribution in [-0.4, -0.2) is 26.1 Å². The van der Waals surface area contributed by atoms with Gasteiger partial charge in [0.05, 0.1) is 5.39 Å². The highest BCUT2D eigenvalue weighted by atomic mass is 16.2. The summed E-state index contributed by atoms with van der Waals surface area (Å²) in [6.45, 7) is 7.68.